The van der Waals surface area contributed by atoms with Crippen molar-refractivity contribution in [3.05, 3.63) is 35.6 Å². The van der Waals surface area contributed by atoms with E-state index in [2.05, 4.69) is 10.5 Å². The van der Waals surface area contributed by atoms with Crippen molar-refractivity contribution in [3.8, 4) is 0 Å². The first kappa shape index (κ1) is 11.6. The van der Waals surface area contributed by atoms with Gasteiger partial charge in [0.2, 0.25) is 0 Å². The van der Waals surface area contributed by atoms with Crippen LogP contribution >= 0.6 is 0 Å². The van der Waals surface area contributed by atoms with E-state index < -0.39 is 5.82 Å². The van der Waals surface area contributed by atoms with Crippen molar-refractivity contribution in [2.24, 2.45) is 5.16 Å². The van der Waals surface area contributed by atoms with Crippen molar-refractivity contribution in [1.29, 1.82) is 0 Å². The molecule has 1 aromatic rings. The molecular weight excluding hydrogens is 223 g/mol. The van der Waals surface area contributed by atoms with Crippen LogP contribution in [0, 0.1) is 5.82 Å². The van der Waals surface area contributed by atoms with Gasteiger partial charge in [0.1, 0.15) is 11.9 Å². The number of nitrogens with one attached hydrogen (secondary N) is 1. The molecule has 2 rings (SSSR count). The van der Waals surface area contributed by atoms with Crippen LogP contribution in [0.1, 0.15) is 23.7 Å². The highest BCUT2D eigenvalue weighted by molar-refractivity contribution is 5.94. The lowest BCUT2D eigenvalue weighted by Crippen LogP contribution is -2.32. The molecule has 1 aromatic carbocycles. The van der Waals surface area contributed by atoms with Crippen molar-refractivity contribution >= 4 is 11.6 Å². The van der Waals surface area contributed by atoms with Gasteiger partial charge in [-0.3, -0.25) is 4.79 Å². The third kappa shape index (κ3) is 3.03. The summed E-state index contributed by atoms with van der Waals surface area (Å²) in [6.07, 6.45) is 0.594. The summed E-state index contributed by atoms with van der Waals surface area (Å²) in [6.45, 7) is 2.24. The monoisotopic (exact) mass is 236 g/mol. The van der Waals surface area contributed by atoms with Gasteiger partial charge in [-0.2, -0.15) is 0 Å². The fourth-order valence-electron chi connectivity index (χ4n) is 1.62. The topological polar surface area (TPSA) is 50.7 Å². The van der Waals surface area contributed by atoms with Gasteiger partial charge in [0.05, 0.1) is 12.3 Å². The number of carbonyl (C=O) groups is 1. The van der Waals surface area contributed by atoms with Gasteiger partial charge in [-0.1, -0.05) is 11.2 Å². The molecule has 0 aliphatic carbocycles. The van der Waals surface area contributed by atoms with Gasteiger partial charge in [-0.05, 0) is 25.1 Å². The molecule has 0 saturated heterocycles. The molecular formula is C12H13FN2O2. The van der Waals surface area contributed by atoms with E-state index in [1.807, 2.05) is 6.92 Å². The first-order valence-electron chi connectivity index (χ1n) is 5.38. The standard InChI is InChI=1S/C12H13FN2O2/c1-8-5-11(17-15-8)7-14-12(16)9-3-2-4-10(13)6-9/h2-4,6,11H,5,7H2,1H3,(H,14,16)/t11-/m1/s1. The van der Waals surface area contributed by atoms with E-state index >= 15 is 0 Å². The van der Waals surface area contributed by atoms with Crippen LogP contribution in [0.25, 0.3) is 0 Å². The Kier molecular flexibility index (Phi) is 3.37. The molecule has 0 aromatic heterocycles. The zero-order valence-electron chi connectivity index (χ0n) is 9.44. The molecule has 0 spiro atoms. The first-order chi connectivity index (χ1) is 8.15. The second-order valence-electron chi connectivity index (χ2n) is 3.98. The van der Waals surface area contributed by atoms with Gasteiger partial charge in [-0.25, -0.2) is 4.39 Å². The lowest BCUT2D eigenvalue weighted by Gasteiger charge is -2.09. The molecule has 0 radical (unpaired) electrons. The van der Waals surface area contributed by atoms with Crippen LogP contribution in [-0.2, 0) is 4.84 Å². The average molecular weight is 236 g/mol. The summed E-state index contributed by atoms with van der Waals surface area (Å²) < 4.78 is 12.9. The number of halogens is 1. The SMILES string of the molecule is CC1=NO[C@@H](CNC(=O)c2cccc(F)c2)C1. The highest BCUT2D eigenvalue weighted by atomic mass is 19.1. The number of hydrogen-bond acceptors (Lipinski definition) is 3. The zero-order valence-corrected chi connectivity index (χ0v) is 9.44. The minimum Gasteiger partial charge on any atom is -0.390 e. The predicted molar refractivity (Wildman–Crippen MR) is 61.3 cm³/mol. The van der Waals surface area contributed by atoms with Crippen LogP contribution < -0.4 is 5.32 Å². The van der Waals surface area contributed by atoms with Crippen LogP contribution in [0.15, 0.2) is 29.4 Å². The van der Waals surface area contributed by atoms with E-state index in [0.29, 0.717) is 18.5 Å². The summed E-state index contributed by atoms with van der Waals surface area (Å²) in [5.41, 5.74) is 1.22. The maximum Gasteiger partial charge on any atom is 0.251 e. The molecule has 1 aliphatic rings. The molecule has 1 atom stereocenters. The Morgan fingerprint density at radius 1 is 1.65 bits per heavy atom. The molecule has 1 amide bonds. The summed E-state index contributed by atoms with van der Waals surface area (Å²) in [4.78, 5) is 16.7. The second kappa shape index (κ2) is 4.95. The molecule has 5 heteroatoms. The van der Waals surface area contributed by atoms with Crippen LogP contribution in [0.3, 0.4) is 0 Å². The Bertz CT molecular complexity index is 460. The molecule has 0 saturated carbocycles. The quantitative estimate of drug-likeness (QED) is 0.868. The van der Waals surface area contributed by atoms with E-state index in [0.717, 1.165) is 5.71 Å². The zero-order chi connectivity index (χ0) is 12.3. The van der Waals surface area contributed by atoms with E-state index in [-0.39, 0.29) is 12.0 Å². The van der Waals surface area contributed by atoms with Crippen molar-refractivity contribution < 1.29 is 14.0 Å². The third-order valence-electron chi connectivity index (χ3n) is 2.46. The summed E-state index contributed by atoms with van der Waals surface area (Å²) in [7, 11) is 0. The van der Waals surface area contributed by atoms with Crippen LogP contribution in [0.2, 0.25) is 0 Å². The van der Waals surface area contributed by atoms with Crippen molar-refractivity contribution in [1.82, 2.24) is 5.32 Å². The number of benzene rings is 1. The van der Waals surface area contributed by atoms with E-state index in [1.165, 1.54) is 18.2 Å². The molecule has 90 valence electrons. The third-order valence-corrected chi connectivity index (χ3v) is 2.46. The Balaban J connectivity index is 1.86. The molecule has 17 heavy (non-hydrogen) atoms. The Labute approximate surface area is 98.5 Å². The van der Waals surface area contributed by atoms with Gasteiger partial charge >= 0.3 is 0 Å². The maximum atomic E-state index is 12.9. The Hall–Kier alpha value is -1.91. The fourth-order valence-corrected chi connectivity index (χ4v) is 1.62. The molecule has 1 N–H and O–H groups in total. The fraction of sp³-hybridized carbons (Fsp3) is 0.333. The second-order valence-corrected chi connectivity index (χ2v) is 3.98. The van der Waals surface area contributed by atoms with Crippen LogP contribution in [0.4, 0.5) is 4.39 Å². The predicted octanol–water partition coefficient (Wildman–Crippen LogP) is 1.72. The van der Waals surface area contributed by atoms with Gasteiger partial charge in [-0.15, -0.1) is 0 Å². The van der Waals surface area contributed by atoms with Gasteiger partial charge in [0.15, 0.2) is 0 Å². The lowest BCUT2D eigenvalue weighted by atomic mass is 10.2. The van der Waals surface area contributed by atoms with E-state index in [4.69, 9.17) is 4.84 Å². The largest absolute Gasteiger partial charge is 0.390 e. The Morgan fingerprint density at radius 3 is 3.12 bits per heavy atom. The molecule has 0 unspecified atom stereocenters. The molecule has 0 fully saturated rings. The highest BCUT2D eigenvalue weighted by Gasteiger charge is 2.18. The summed E-state index contributed by atoms with van der Waals surface area (Å²) >= 11 is 0. The smallest absolute Gasteiger partial charge is 0.251 e. The first-order valence-corrected chi connectivity index (χ1v) is 5.38. The van der Waals surface area contributed by atoms with Gasteiger partial charge < -0.3 is 10.2 Å². The number of rotatable bonds is 3. The van der Waals surface area contributed by atoms with Crippen LogP contribution in [0.5, 0.6) is 0 Å². The lowest BCUT2D eigenvalue weighted by molar-refractivity contribution is 0.0753. The normalized spacial score (nSPS) is 18.5. The Morgan fingerprint density at radius 2 is 2.47 bits per heavy atom. The highest BCUT2D eigenvalue weighted by Crippen LogP contribution is 2.09. The minimum absolute atomic E-state index is 0.118. The maximum absolute atomic E-state index is 12.9. The summed E-state index contributed by atoms with van der Waals surface area (Å²) in [5, 5.41) is 6.47. The van der Waals surface area contributed by atoms with Crippen LogP contribution in [-0.4, -0.2) is 24.3 Å². The number of amides is 1. The van der Waals surface area contributed by atoms with E-state index in [1.54, 1.807) is 6.07 Å². The van der Waals surface area contributed by atoms with Crippen molar-refractivity contribution in [2.45, 2.75) is 19.4 Å². The van der Waals surface area contributed by atoms with E-state index in [9.17, 15) is 9.18 Å². The average Bonchev–Trinajstić information content (AvgIpc) is 2.72. The number of carbonyl (C=O) groups excluding carboxylic acids is 1. The number of nitrogens with zero attached hydrogens (tertiary/aromatic N) is 1. The van der Waals surface area contributed by atoms with Crippen molar-refractivity contribution in [2.75, 3.05) is 6.54 Å². The van der Waals surface area contributed by atoms with Crippen molar-refractivity contribution in [3.63, 3.8) is 0 Å². The van der Waals surface area contributed by atoms with Gasteiger partial charge in [0, 0.05) is 12.0 Å². The summed E-state index contributed by atoms with van der Waals surface area (Å²) in [5.74, 6) is -0.730. The molecule has 1 heterocycles. The molecule has 0 bridgehead atoms. The summed E-state index contributed by atoms with van der Waals surface area (Å²) in [6, 6.07) is 5.57. The molecule has 4 nitrogen and oxygen atoms in total. The molecule has 1 aliphatic heterocycles. The number of oxime groups is 1. The number of hydrogen-bond donors (Lipinski definition) is 1. The minimum atomic E-state index is -0.422. The van der Waals surface area contributed by atoms with Gasteiger partial charge in [0.25, 0.3) is 5.91 Å².